The van der Waals surface area contributed by atoms with Crippen molar-refractivity contribution in [2.24, 2.45) is 0 Å². The number of halogens is 1. The smallest absolute Gasteiger partial charge is 0.287 e. The first-order valence-corrected chi connectivity index (χ1v) is 7.18. The molecule has 116 valence electrons. The lowest BCUT2D eigenvalue weighted by molar-refractivity contribution is -0.385. The molecule has 0 spiro atoms. The second-order valence-electron chi connectivity index (χ2n) is 4.75. The SMILES string of the molecule is O=[N+]([O-])c1ccc(N(Cc2ccco2)c2ccccc2Cl)nc1. The van der Waals surface area contributed by atoms with Crippen LogP contribution in [0.3, 0.4) is 0 Å². The van der Waals surface area contributed by atoms with Crippen molar-refractivity contribution in [2.45, 2.75) is 6.54 Å². The fourth-order valence-electron chi connectivity index (χ4n) is 2.16. The third-order valence-electron chi connectivity index (χ3n) is 3.26. The van der Waals surface area contributed by atoms with Crippen molar-refractivity contribution in [1.82, 2.24) is 4.98 Å². The molecule has 0 unspecified atom stereocenters. The molecule has 0 amide bonds. The fraction of sp³-hybridized carbons (Fsp3) is 0.0625. The summed E-state index contributed by atoms with van der Waals surface area (Å²) in [6.07, 6.45) is 2.81. The standard InChI is InChI=1S/C16H12ClN3O3/c17-14-5-1-2-6-15(14)19(11-13-4-3-9-23-13)16-8-7-12(10-18-16)20(21)22/h1-10H,11H2. The number of para-hydroxylation sites is 1. The summed E-state index contributed by atoms with van der Waals surface area (Å²) >= 11 is 6.28. The lowest BCUT2D eigenvalue weighted by atomic mass is 10.2. The van der Waals surface area contributed by atoms with Gasteiger partial charge in [0.1, 0.15) is 17.8 Å². The quantitative estimate of drug-likeness (QED) is 0.506. The van der Waals surface area contributed by atoms with Gasteiger partial charge >= 0.3 is 0 Å². The van der Waals surface area contributed by atoms with Gasteiger partial charge in [0.15, 0.2) is 0 Å². The fourth-order valence-corrected chi connectivity index (χ4v) is 2.40. The van der Waals surface area contributed by atoms with Crippen molar-refractivity contribution in [3.8, 4) is 0 Å². The number of nitro groups is 1. The van der Waals surface area contributed by atoms with Crippen LogP contribution in [0.25, 0.3) is 0 Å². The minimum atomic E-state index is -0.483. The van der Waals surface area contributed by atoms with E-state index in [1.807, 2.05) is 29.2 Å². The van der Waals surface area contributed by atoms with Gasteiger partial charge in [0.05, 0.1) is 28.4 Å². The van der Waals surface area contributed by atoms with Crippen LogP contribution in [0.5, 0.6) is 0 Å². The van der Waals surface area contributed by atoms with Crippen molar-refractivity contribution in [2.75, 3.05) is 4.90 Å². The summed E-state index contributed by atoms with van der Waals surface area (Å²) in [6, 6.07) is 14.0. The molecule has 0 fully saturated rings. The van der Waals surface area contributed by atoms with Gasteiger partial charge in [-0.1, -0.05) is 23.7 Å². The highest BCUT2D eigenvalue weighted by molar-refractivity contribution is 6.33. The predicted octanol–water partition coefficient (Wildman–Crippen LogP) is 4.57. The summed E-state index contributed by atoms with van der Waals surface area (Å²) in [5.41, 5.74) is 0.678. The molecule has 0 aliphatic carbocycles. The summed E-state index contributed by atoms with van der Waals surface area (Å²) in [7, 11) is 0. The van der Waals surface area contributed by atoms with Crippen LogP contribution < -0.4 is 4.90 Å². The number of aromatic nitrogens is 1. The molecule has 0 N–H and O–H groups in total. The minimum absolute atomic E-state index is 0.0640. The molecule has 2 aromatic heterocycles. The van der Waals surface area contributed by atoms with Crippen molar-refractivity contribution in [3.63, 3.8) is 0 Å². The molecule has 0 atom stereocenters. The number of benzene rings is 1. The Morgan fingerprint density at radius 2 is 2.00 bits per heavy atom. The molecule has 0 radical (unpaired) electrons. The van der Waals surface area contributed by atoms with Crippen molar-refractivity contribution in [1.29, 1.82) is 0 Å². The molecule has 0 bridgehead atoms. The Labute approximate surface area is 137 Å². The van der Waals surface area contributed by atoms with Crippen LogP contribution in [0.2, 0.25) is 5.02 Å². The molecule has 7 heteroatoms. The summed E-state index contributed by atoms with van der Waals surface area (Å²) in [5.74, 6) is 1.27. The first kappa shape index (κ1) is 15.1. The van der Waals surface area contributed by atoms with Crippen molar-refractivity contribution < 1.29 is 9.34 Å². The molecule has 1 aromatic carbocycles. The van der Waals surface area contributed by atoms with Crippen molar-refractivity contribution >= 4 is 28.8 Å². The number of hydrogen-bond acceptors (Lipinski definition) is 5. The van der Waals surface area contributed by atoms with E-state index in [1.54, 1.807) is 24.5 Å². The largest absolute Gasteiger partial charge is 0.467 e. The number of nitrogens with zero attached hydrogens (tertiary/aromatic N) is 3. The van der Waals surface area contributed by atoms with E-state index in [0.717, 1.165) is 11.4 Å². The van der Waals surface area contributed by atoms with Crippen LogP contribution in [0.1, 0.15) is 5.76 Å². The van der Waals surface area contributed by atoms with Crippen LogP contribution in [0.15, 0.2) is 65.4 Å². The molecule has 0 aliphatic rings. The molecule has 0 aliphatic heterocycles. The van der Waals surface area contributed by atoms with E-state index in [9.17, 15) is 10.1 Å². The Hall–Kier alpha value is -2.86. The van der Waals surface area contributed by atoms with E-state index >= 15 is 0 Å². The molecule has 0 saturated heterocycles. The Bertz CT molecular complexity index is 804. The molecule has 3 rings (SSSR count). The first-order valence-electron chi connectivity index (χ1n) is 6.80. The van der Waals surface area contributed by atoms with Gasteiger partial charge in [-0.15, -0.1) is 0 Å². The van der Waals surface area contributed by atoms with E-state index in [2.05, 4.69) is 4.98 Å². The predicted molar refractivity (Wildman–Crippen MR) is 86.9 cm³/mol. The van der Waals surface area contributed by atoms with E-state index in [0.29, 0.717) is 17.4 Å². The summed E-state index contributed by atoms with van der Waals surface area (Å²) in [4.78, 5) is 16.3. The van der Waals surface area contributed by atoms with Crippen LogP contribution >= 0.6 is 11.6 Å². The first-order chi connectivity index (χ1) is 11.1. The Balaban J connectivity index is 2.01. The van der Waals surface area contributed by atoms with Gasteiger partial charge in [0.2, 0.25) is 0 Å². The van der Waals surface area contributed by atoms with Gasteiger partial charge in [-0.2, -0.15) is 0 Å². The average molecular weight is 330 g/mol. The summed E-state index contributed by atoms with van der Waals surface area (Å²) in [6.45, 7) is 0.404. The van der Waals surface area contributed by atoms with E-state index in [4.69, 9.17) is 16.0 Å². The maximum Gasteiger partial charge on any atom is 0.287 e. The summed E-state index contributed by atoms with van der Waals surface area (Å²) < 4.78 is 5.39. The second-order valence-corrected chi connectivity index (χ2v) is 5.16. The lowest BCUT2D eigenvalue weighted by Crippen LogP contribution is -2.17. The van der Waals surface area contributed by atoms with Gasteiger partial charge in [-0.25, -0.2) is 4.98 Å². The highest BCUT2D eigenvalue weighted by atomic mass is 35.5. The maximum absolute atomic E-state index is 10.8. The zero-order valence-corrected chi connectivity index (χ0v) is 12.7. The van der Waals surface area contributed by atoms with Crippen LogP contribution in [-0.2, 0) is 6.54 Å². The van der Waals surface area contributed by atoms with Gasteiger partial charge in [-0.3, -0.25) is 10.1 Å². The number of anilines is 2. The zero-order chi connectivity index (χ0) is 16.2. The average Bonchev–Trinajstić information content (AvgIpc) is 3.07. The van der Waals surface area contributed by atoms with Crippen LogP contribution in [-0.4, -0.2) is 9.91 Å². The topological polar surface area (TPSA) is 72.4 Å². The van der Waals surface area contributed by atoms with Gasteiger partial charge in [0, 0.05) is 6.07 Å². The molecule has 0 saturated carbocycles. The molecule has 2 heterocycles. The third kappa shape index (κ3) is 3.32. The lowest BCUT2D eigenvalue weighted by Gasteiger charge is -2.23. The minimum Gasteiger partial charge on any atom is -0.467 e. The number of hydrogen-bond donors (Lipinski definition) is 0. The molecular formula is C16H12ClN3O3. The molecule has 6 nitrogen and oxygen atoms in total. The monoisotopic (exact) mass is 329 g/mol. The normalized spacial score (nSPS) is 10.5. The number of furan rings is 1. The van der Waals surface area contributed by atoms with E-state index in [1.165, 1.54) is 12.3 Å². The van der Waals surface area contributed by atoms with E-state index in [-0.39, 0.29) is 5.69 Å². The maximum atomic E-state index is 10.8. The van der Waals surface area contributed by atoms with Gasteiger partial charge in [-0.05, 0) is 30.3 Å². The number of pyridine rings is 1. The van der Waals surface area contributed by atoms with E-state index < -0.39 is 4.92 Å². The molecular weight excluding hydrogens is 318 g/mol. The molecule has 3 aromatic rings. The number of rotatable bonds is 5. The second kappa shape index (κ2) is 6.50. The summed E-state index contributed by atoms with van der Waals surface area (Å²) in [5, 5.41) is 11.3. The van der Waals surface area contributed by atoms with Gasteiger partial charge in [0.25, 0.3) is 5.69 Å². The Morgan fingerprint density at radius 3 is 2.61 bits per heavy atom. The van der Waals surface area contributed by atoms with Crippen LogP contribution in [0.4, 0.5) is 17.2 Å². The Kier molecular flexibility index (Phi) is 4.25. The highest BCUT2D eigenvalue weighted by Gasteiger charge is 2.17. The zero-order valence-electron chi connectivity index (χ0n) is 11.9. The van der Waals surface area contributed by atoms with Crippen LogP contribution in [0, 0.1) is 10.1 Å². The molecule has 23 heavy (non-hydrogen) atoms. The van der Waals surface area contributed by atoms with Gasteiger partial charge < -0.3 is 9.32 Å². The third-order valence-corrected chi connectivity index (χ3v) is 3.58. The Morgan fingerprint density at radius 1 is 1.17 bits per heavy atom. The van der Waals surface area contributed by atoms with Crippen molar-refractivity contribution in [3.05, 3.63) is 81.9 Å². The highest BCUT2D eigenvalue weighted by Crippen LogP contribution is 2.32.